The summed E-state index contributed by atoms with van der Waals surface area (Å²) in [6.45, 7) is 3.68. The van der Waals surface area contributed by atoms with Crippen LogP contribution in [0.1, 0.15) is 25.7 Å². The summed E-state index contributed by atoms with van der Waals surface area (Å²) in [5, 5.41) is 0. The van der Waals surface area contributed by atoms with Crippen molar-refractivity contribution in [2.75, 3.05) is 7.11 Å². The van der Waals surface area contributed by atoms with Gasteiger partial charge in [-0.05, 0) is 67.4 Å². The molecule has 2 unspecified atom stereocenters. The smallest absolute Gasteiger partial charge is 0.158 e. The van der Waals surface area contributed by atoms with Crippen LogP contribution >= 0.6 is 0 Å². The van der Waals surface area contributed by atoms with Crippen LogP contribution in [0.3, 0.4) is 0 Å². The number of fused-ring (bicyclic) bond motifs is 2. The van der Waals surface area contributed by atoms with Gasteiger partial charge in [-0.25, -0.2) is 0 Å². The van der Waals surface area contributed by atoms with Gasteiger partial charge in [0.2, 0.25) is 0 Å². The van der Waals surface area contributed by atoms with E-state index in [2.05, 4.69) is 24.8 Å². The van der Waals surface area contributed by atoms with Gasteiger partial charge in [-0.3, -0.25) is 4.79 Å². The van der Waals surface area contributed by atoms with Crippen LogP contribution in [-0.4, -0.2) is 19.0 Å². The van der Waals surface area contributed by atoms with Gasteiger partial charge >= 0.3 is 0 Å². The molecule has 2 aromatic carbocycles. The third-order valence-corrected chi connectivity index (χ3v) is 6.14. The minimum Gasteiger partial charge on any atom is -0.496 e. The van der Waals surface area contributed by atoms with Gasteiger partial charge in [-0.2, -0.15) is 0 Å². The van der Waals surface area contributed by atoms with E-state index in [9.17, 15) is 4.79 Å². The van der Waals surface area contributed by atoms with Crippen molar-refractivity contribution in [3.8, 4) is 22.6 Å². The van der Waals surface area contributed by atoms with Crippen molar-refractivity contribution in [3.05, 3.63) is 61.2 Å². The number of benzene rings is 2. The molecule has 27 heavy (non-hydrogen) atoms. The monoisotopic (exact) mass is 362 g/mol. The standard InChI is InChI=1S/C24H26O3/c1-3-22(25)24-17-11-12-18(24)15-20(14-17)27-19-8-6-7-16(13-19)21-9-4-5-10-23(21)26-2/h3-10,13,17-18,20,24H,1,11-12,14-15H2,2H3. The minimum atomic E-state index is 0.169. The van der Waals surface area contributed by atoms with Crippen LogP contribution in [0, 0.1) is 17.8 Å². The quantitative estimate of drug-likeness (QED) is 0.654. The Morgan fingerprint density at radius 1 is 1.07 bits per heavy atom. The van der Waals surface area contributed by atoms with E-state index >= 15 is 0 Å². The molecule has 0 radical (unpaired) electrons. The number of ether oxygens (including phenoxy) is 2. The van der Waals surface area contributed by atoms with E-state index in [0.717, 1.165) is 48.3 Å². The second kappa shape index (κ2) is 7.59. The highest BCUT2D eigenvalue weighted by atomic mass is 16.5. The predicted octanol–water partition coefficient (Wildman–Crippen LogP) is 5.30. The molecule has 2 fully saturated rings. The van der Waals surface area contributed by atoms with E-state index < -0.39 is 0 Å². The van der Waals surface area contributed by atoms with Gasteiger partial charge in [0.15, 0.2) is 5.78 Å². The number of hydrogen-bond acceptors (Lipinski definition) is 3. The molecule has 0 spiro atoms. The van der Waals surface area contributed by atoms with E-state index in [1.165, 1.54) is 6.08 Å². The number of ketones is 1. The largest absolute Gasteiger partial charge is 0.496 e. The fraction of sp³-hybridized carbons (Fsp3) is 0.375. The Bertz CT molecular complexity index is 827. The highest BCUT2D eigenvalue weighted by Gasteiger charge is 2.45. The normalized spacial score (nSPS) is 26.4. The van der Waals surface area contributed by atoms with Crippen LogP contribution in [0.2, 0.25) is 0 Å². The lowest BCUT2D eigenvalue weighted by Crippen LogP contribution is -2.36. The molecule has 2 aromatic rings. The average Bonchev–Trinajstić information content (AvgIpc) is 2.98. The molecule has 0 amide bonds. The summed E-state index contributed by atoms with van der Waals surface area (Å²) in [5.74, 6) is 3.02. The third-order valence-electron chi connectivity index (χ3n) is 6.14. The van der Waals surface area contributed by atoms with Crippen LogP contribution in [0.25, 0.3) is 11.1 Å². The first kappa shape index (κ1) is 17.8. The van der Waals surface area contributed by atoms with Crippen LogP contribution in [0.15, 0.2) is 61.2 Å². The maximum absolute atomic E-state index is 12.2. The van der Waals surface area contributed by atoms with E-state index in [-0.39, 0.29) is 17.8 Å². The molecule has 4 rings (SSSR count). The fourth-order valence-corrected chi connectivity index (χ4v) is 4.98. The topological polar surface area (TPSA) is 35.5 Å². The number of hydrogen-bond donors (Lipinski definition) is 0. The molecule has 0 aliphatic heterocycles. The predicted molar refractivity (Wildman–Crippen MR) is 107 cm³/mol. The van der Waals surface area contributed by atoms with E-state index in [1.54, 1.807) is 7.11 Å². The summed E-state index contributed by atoms with van der Waals surface area (Å²) < 4.78 is 11.8. The molecule has 3 heteroatoms. The van der Waals surface area contributed by atoms with Crippen molar-refractivity contribution >= 4 is 5.78 Å². The molecule has 0 heterocycles. The van der Waals surface area contributed by atoms with Crippen LogP contribution in [0.5, 0.6) is 11.5 Å². The van der Waals surface area contributed by atoms with Crippen molar-refractivity contribution in [1.29, 1.82) is 0 Å². The Morgan fingerprint density at radius 2 is 1.81 bits per heavy atom. The Labute approximate surface area is 161 Å². The molecule has 2 atom stereocenters. The van der Waals surface area contributed by atoms with Gasteiger partial charge in [0.05, 0.1) is 13.2 Å². The lowest BCUT2D eigenvalue weighted by molar-refractivity contribution is -0.122. The molecule has 0 saturated heterocycles. The molecule has 140 valence electrons. The molecular weight excluding hydrogens is 336 g/mol. The number of para-hydroxylation sites is 1. The first-order valence-electron chi connectivity index (χ1n) is 9.76. The third kappa shape index (κ3) is 3.51. The first-order chi connectivity index (χ1) is 13.2. The van der Waals surface area contributed by atoms with Crippen LogP contribution in [0.4, 0.5) is 0 Å². The number of allylic oxidation sites excluding steroid dienone is 1. The van der Waals surface area contributed by atoms with Crippen molar-refractivity contribution in [2.45, 2.75) is 31.8 Å². The van der Waals surface area contributed by atoms with Crippen molar-refractivity contribution < 1.29 is 14.3 Å². The van der Waals surface area contributed by atoms with Gasteiger partial charge in [-0.1, -0.05) is 36.9 Å². The van der Waals surface area contributed by atoms with E-state index in [1.807, 2.05) is 30.3 Å². The number of rotatable bonds is 6. The summed E-state index contributed by atoms with van der Waals surface area (Å²) in [6.07, 6.45) is 5.88. The minimum absolute atomic E-state index is 0.169. The number of carbonyl (C=O) groups is 1. The molecule has 0 aromatic heterocycles. The van der Waals surface area contributed by atoms with Gasteiger partial charge in [0.1, 0.15) is 11.5 Å². The summed E-state index contributed by atoms with van der Waals surface area (Å²) in [7, 11) is 1.69. The Hall–Kier alpha value is -2.55. The average molecular weight is 362 g/mol. The number of carbonyl (C=O) groups excluding carboxylic acids is 1. The maximum atomic E-state index is 12.2. The lowest BCUT2D eigenvalue weighted by Gasteiger charge is -2.34. The molecule has 2 aliphatic rings. The summed E-state index contributed by atoms with van der Waals surface area (Å²) >= 11 is 0. The summed E-state index contributed by atoms with van der Waals surface area (Å²) in [5.41, 5.74) is 2.15. The fourth-order valence-electron chi connectivity index (χ4n) is 4.98. The Morgan fingerprint density at radius 3 is 2.52 bits per heavy atom. The summed E-state index contributed by atoms with van der Waals surface area (Å²) in [4.78, 5) is 12.2. The van der Waals surface area contributed by atoms with Crippen molar-refractivity contribution in [2.24, 2.45) is 17.8 Å². The molecular formula is C24H26O3. The highest BCUT2D eigenvalue weighted by Crippen LogP contribution is 2.48. The van der Waals surface area contributed by atoms with E-state index in [4.69, 9.17) is 9.47 Å². The van der Waals surface area contributed by atoms with Crippen LogP contribution in [-0.2, 0) is 4.79 Å². The van der Waals surface area contributed by atoms with Gasteiger partial charge in [-0.15, -0.1) is 0 Å². The molecule has 2 bridgehead atoms. The van der Waals surface area contributed by atoms with Crippen LogP contribution < -0.4 is 9.47 Å². The molecule has 2 aliphatic carbocycles. The SMILES string of the molecule is C=CC(=O)C1C2CCC1CC(Oc1cccc(-c3ccccc3OC)c1)C2. The second-order valence-electron chi connectivity index (χ2n) is 7.67. The zero-order valence-electron chi connectivity index (χ0n) is 15.8. The number of methoxy groups -OCH3 is 1. The van der Waals surface area contributed by atoms with Gasteiger partial charge in [0, 0.05) is 11.5 Å². The van der Waals surface area contributed by atoms with Gasteiger partial charge < -0.3 is 9.47 Å². The summed E-state index contributed by atoms with van der Waals surface area (Å²) in [6, 6.07) is 16.2. The highest BCUT2D eigenvalue weighted by molar-refractivity contribution is 5.92. The lowest BCUT2D eigenvalue weighted by atomic mass is 9.75. The Balaban J connectivity index is 1.50. The zero-order valence-corrected chi connectivity index (χ0v) is 15.8. The van der Waals surface area contributed by atoms with Crippen molar-refractivity contribution in [1.82, 2.24) is 0 Å². The Kier molecular flexibility index (Phi) is 5.02. The second-order valence-corrected chi connectivity index (χ2v) is 7.67. The van der Waals surface area contributed by atoms with Crippen molar-refractivity contribution in [3.63, 3.8) is 0 Å². The molecule has 2 saturated carbocycles. The van der Waals surface area contributed by atoms with Gasteiger partial charge in [0.25, 0.3) is 0 Å². The maximum Gasteiger partial charge on any atom is 0.158 e. The zero-order chi connectivity index (χ0) is 18.8. The van der Waals surface area contributed by atoms with E-state index in [0.29, 0.717) is 11.8 Å². The first-order valence-corrected chi connectivity index (χ1v) is 9.76. The molecule has 0 N–H and O–H groups in total. The molecule has 3 nitrogen and oxygen atoms in total.